The Morgan fingerprint density at radius 1 is 1.60 bits per heavy atom. The third kappa shape index (κ3) is 3.80. The summed E-state index contributed by atoms with van der Waals surface area (Å²) in [6, 6.07) is 0.238. The van der Waals surface area contributed by atoms with Gasteiger partial charge < -0.3 is 10.6 Å². The van der Waals surface area contributed by atoms with Crippen LogP contribution in [-0.4, -0.2) is 55.5 Å². The Labute approximate surface area is 92.4 Å². The summed E-state index contributed by atoms with van der Waals surface area (Å²) in [7, 11) is 3.60. The number of amides is 1. The van der Waals surface area contributed by atoms with Crippen molar-refractivity contribution in [3.05, 3.63) is 0 Å². The van der Waals surface area contributed by atoms with Gasteiger partial charge in [0.15, 0.2) is 0 Å². The second-order valence-electron chi connectivity index (χ2n) is 4.78. The second kappa shape index (κ2) is 5.47. The van der Waals surface area contributed by atoms with E-state index < -0.39 is 0 Å². The first-order chi connectivity index (χ1) is 7.00. The minimum atomic E-state index is 0.181. The number of rotatable bonds is 3. The Kier molecular flexibility index (Phi) is 4.54. The van der Waals surface area contributed by atoms with Crippen LogP contribution in [0, 0.1) is 5.92 Å². The number of carbonyl (C=O) groups excluding carboxylic acids is 1. The number of carbonyl (C=O) groups is 1. The van der Waals surface area contributed by atoms with Crippen LogP contribution in [0.15, 0.2) is 0 Å². The molecule has 2 atom stereocenters. The molecular weight excluding hydrogens is 190 g/mol. The van der Waals surface area contributed by atoms with Gasteiger partial charge in [0.2, 0.25) is 5.91 Å². The molecule has 4 heteroatoms. The van der Waals surface area contributed by atoms with E-state index in [1.54, 1.807) is 19.0 Å². The molecule has 1 aliphatic heterocycles. The molecule has 2 N–H and O–H groups in total. The smallest absolute Gasteiger partial charge is 0.236 e. The average Bonchev–Trinajstić information content (AvgIpc) is 2.18. The molecule has 0 saturated carbocycles. The highest BCUT2D eigenvalue weighted by molar-refractivity contribution is 5.77. The Morgan fingerprint density at radius 2 is 2.27 bits per heavy atom. The molecule has 1 fully saturated rings. The van der Waals surface area contributed by atoms with Crippen LogP contribution in [0.25, 0.3) is 0 Å². The van der Waals surface area contributed by atoms with Crippen molar-refractivity contribution in [1.29, 1.82) is 0 Å². The Balaban J connectivity index is 2.39. The van der Waals surface area contributed by atoms with E-state index in [0.717, 1.165) is 19.5 Å². The summed E-state index contributed by atoms with van der Waals surface area (Å²) in [6.45, 7) is 4.60. The molecule has 1 aliphatic rings. The van der Waals surface area contributed by atoms with Gasteiger partial charge in [0.25, 0.3) is 0 Å². The van der Waals surface area contributed by atoms with Crippen molar-refractivity contribution in [2.45, 2.75) is 25.8 Å². The summed E-state index contributed by atoms with van der Waals surface area (Å²) in [4.78, 5) is 15.4. The van der Waals surface area contributed by atoms with Gasteiger partial charge in [-0.25, -0.2) is 0 Å². The van der Waals surface area contributed by atoms with Gasteiger partial charge in [-0.3, -0.25) is 9.69 Å². The predicted molar refractivity (Wildman–Crippen MR) is 61.5 cm³/mol. The maximum absolute atomic E-state index is 11.5. The summed E-state index contributed by atoms with van der Waals surface area (Å²) in [5, 5.41) is 0. The number of piperidine rings is 1. The third-order valence-corrected chi connectivity index (χ3v) is 3.14. The minimum absolute atomic E-state index is 0.181. The lowest BCUT2D eigenvalue weighted by molar-refractivity contribution is -0.130. The number of nitrogens with zero attached hydrogens (tertiary/aromatic N) is 2. The van der Waals surface area contributed by atoms with Gasteiger partial charge in [-0.15, -0.1) is 0 Å². The van der Waals surface area contributed by atoms with E-state index in [4.69, 9.17) is 5.73 Å². The molecule has 0 radical (unpaired) electrons. The van der Waals surface area contributed by atoms with Gasteiger partial charge >= 0.3 is 0 Å². The molecule has 88 valence electrons. The topological polar surface area (TPSA) is 49.6 Å². The van der Waals surface area contributed by atoms with Crippen LogP contribution >= 0.6 is 0 Å². The maximum atomic E-state index is 11.5. The Hall–Kier alpha value is -0.610. The summed E-state index contributed by atoms with van der Waals surface area (Å²) in [6.07, 6.45) is 2.36. The molecule has 0 bridgehead atoms. The average molecular weight is 213 g/mol. The summed E-state index contributed by atoms with van der Waals surface area (Å²) in [5.41, 5.74) is 5.90. The van der Waals surface area contributed by atoms with Crippen LogP contribution in [0.2, 0.25) is 0 Å². The molecule has 15 heavy (non-hydrogen) atoms. The first-order valence-electron chi connectivity index (χ1n) is 5.68. The lowest BCUT2D eigenvalue weighted by atomic mass is 9.92. The van der Waals surface area contributed by atoms with Crippen LogP contribution in [0.5, 0.6) is 0 Å². The van der Waals surface area contributed by atoms with Crippen LogP contribution in [0.4, 0.5) is 0 Å². The molecule has 0 aromatic carbocycles. The standard InChI is InChI=1S/C11H23N3O/c1-9(12)10-5-4-6-14(7-10)8-11(15)13(2)3/h9-10H,4-8,12H2,1-3H3. The lowest BCUT2D eigenvalue weighted by Gasteiger charge is -2.34. The zero-order valence-corrected chi connectivity index (χ0v) is 10.1. The monoisotopic (exact) mass is 213 g/mol. The normalized spacial score (nSPS) is 24.9. The van der Waals surface area contributed by atoms with Gasteiger partial charge in [0, 0.05) is 26.7 Å². The molecule has 1 amide bonds. The quantitative estimate of drug-likeness (QED) is 0.725. The zero-order valence-electron chi connectivity index (χ0n) is 10.1. The van der Waals surface area contributed by atoms with E-state index in [1.807, 2.05) is 0 Å². The van der Waals surface area contributed by atoms with Crippen molar-refractivity contribution >= 4 is 5.91 Å². The van der Waals surface area contributed by atoms with Crippen LogP contribution in [0.1, 0.15) is 19.8 Å². The minimum Gasteiger partial charge on any atom is -0.348 e. The van der Waals surface area contributed by atoms with E-state index in [0.29, 0.717) is 12.5 Å². The first-order valence-corrected chi connectivity index (χ1v) is 5.68. The third-order valence-electron chi connectivity index (χ3n) is 3.14. The largest absolute Gasteiger partial charge is 0.348 e. The van der Waals surface area contributed by atoms with E-state index in [2.05, 4.69) is 11.8 Å². The van der Waals surface area contributed by atoms with Crippen LogP contribution in [-0.2, 0) is 4.79 Å². The molecule has 2 unspecified atom stereocenters. The molecular formula is C11H23N3O. The van der Waals surface area contributed by atoms with E-state index >= 15 is 0 Å². The van der Waals surface area contributed by atoms with E-state index in [1.165, 1.54) is 6.42 Å². The fourth-order valence-electron chi connectivity index (χ4n) is 2.00. The number of hydrogen-bond acceptors (Lipinski definition) is 3. The summed E-state index contributed by atoms with van der Waals surface area (Å²) in [5.74, 6) is 0.731. The number of likely N-dealkylation sites (tertiary alicyclic amines) is 1. The highest BCUT2D eigenvalue weighted by atomic mass is 16.2. The zero-order chi connectivity index (χ0) is 11.4. The number of nitrogens with two attached hydrogens (primary N) is 1. The predicted octanol–water partition coefficient (Wildman–Crippen LogP) is 0.134. The van der Waals surface area contributed by atoms with Crippen molar-refractivity contribution < 1.29 is 4.79 Å². The fraction of sp³-hybridized carbons (Fsp3) is 0.909. The summed E-state index contributed by atoms with van der Waals surface area (Å²) < 4.78 is 0. The molecule has 4 nitrogen and oxygen atoms in total. The molecule has 1 heterocycles. The van der Waals surface area contributed by atoms with Crippen molar-refractivity contribution in [2.75, 3.05) is 33.7 Å². The van der Waals surface area contributed by atoms with Crippen molar-refractivity contribution in [2.24, 2.45) is 11.7 Å². The SMILES string of the molecule is CC(N)C1CCCN(CC(=O)N(C)C)C1. The van der Waals surface area contributed by atoms with Crippen molar-refractivity contribution in [3.63, 3.8) is 0 Å². The van der Waals surface area contributed by atoms with Crippen molar-refractivity contribution in [1.82, 2.24) is 9.80 Å². The van der Waals surface area contributed by atoms with Crippen LogP contribution < -0.4 is 5.73 Å². The van der Waals surface area contributed by atoms with Gasteiger partial charge in [-0.2, -0.15) is 0 Å². The second-order valence-corrected chi connectivity index (χ2v) is 4.78. The molecule has 0 spiro atoms. The maximum Gasteiger partial charge on any atom is 0.236 e. The van der Waals surface area contributed by atoms with Gasteiger partial charge in [-0.1, -0.05) is 0 Å². The van der Waals surface area contributed by atoms with E-state index in [-0.39, 0.29) is 11.9 Å². The van der Waals surface area contributed by atoms with Gasteiger partial charge in [0.05, 0.1) is 6.54 Å². The Bertz CT molecular complexity index is 216. The van der Waals surface area contributed by atoms with Crippen molar-refractivity contribution in [3.8, 4) is 0 Å². The highest BCUT2D eigenvalue weighted by Gasteiger charge is 2.24. The highest BCUT2D eigenvalue weighted by Crippen LogP contribution is 2.18. The summed E-state index contributed by atoms with van der Waals surface area (Å²) >= 11 is 0. The molecule has 0 aromatic heterocycles. The first kappa shape index (κ1) is 12.5. The molecule has 1 saturated heterocycles. The van der Waals surface area contributed by atoms with Gasteiger partial charge in [0.1, 0.15) is 0 Å². The Morgan fingerprint density at radius 3 is 2.80 bits per heavy atom. The molecule has 0 aromatic rings. The number of likely N-dealkylation sites (N-methyl/N-ethyl adjacent to an activating group) is 1. The molecule has 1 rings (SSSR count). The lowest BCUT2D eigenvalue weighted by Crippen LogP contribution is -2.46. The fourth-order valence-corrected chi connectivity index (χ4v) is 2.00. The number of hydrogen-bond donors (Lipinski definition) is 1. The van der Waals surface area contributed by atoms with Gasteiger partial charge in [-0.05, 0) is 32.2 Å². The van der Waals surface area contributed by atoms with E-state index in [9.17, 15) is 4.79 Å². The molecule has 0 aliphatic carbocycles. The van der Waals surface area contributed by atoms with Crippen LogP contribution in [0.3, 0.4) is 0 Å².